The van der Waals surface area contributed by atoms with Crippen LogP contribution in [0.25, 0.3) is 16.6 Å². The molecule has 0 aliphatic rings. The third-order valence-corrected chi connectivity index (χ3v) is 5.32. The second-order valence-corrected chi connectivity index (χ2v) is 8.22. The molecule has 0 unspecified atom stereocenters. The summed E-state index contributed by atoms with van der Waals surface area (Å²) in [5.74, 6) is -0.744. The molecule has 0 fully saturated rings. The number of rotatable bonds is 7. The lowest BCUT2D eigenvalue weighted by Gasteiger charge is -2.20. The van der Waals surface area contributed by atoms with E-state index in [1.54, 1.807) is 6.08 Å². The number of hydrogen-bond donors (Lipinski definition) is 2. The van der Waals surface area contributed by atoms with Crippen LogP contribution in [0.2, 0.25) is 0 Å². The van der Waals surface area contributed by atoms with E-state index in [0.29, 0.717) is 5.13 Å². The van der Waals surface area contributed by atoms with Crippen molar-refractivity contribution < 1.29 is 9.59 Å². The molecule has 7 heteroatoms. The summed E-state index contributed by atoms with van der Waals surface area (Å²) >= 11 is 1.29. The van der Waals surface area contributed by atoms with Gasteiger partial charge in [0, 0.05) is 11.6 Å². The topological polar surface area (TPSA) is 84.0 Å². The van der Waals surface area contributed by atoms with Crippen molar-refractivity contribution in [1.29, 1.82) is 0 Å². The van der Waals surface area contributed by atoms with Gasteiger partial charge in [0.05, 0.1) is 0 Å². The van der Waals surface area contributed by atoms with Crippen molar-refractivity contribution in [2.45, 2.75) is 26.8 Å². The monoisotopic (exact) mass is 420 g/mol. The van der Waals surface area contributed by atoms with Gasteiger partial charge in [-0.15, -0.1) is 10.2 Å². The van der Waals surface area contributed by atoms with E-state index in [2.05, 4.69) is 20.8 Å². The van der Waals surface area contributed by atoms with Crippen molar-refractivity contribution in [1.82, 2.24) is 15.5 Å². The van der Waals surface area contributed by atoms with Crippen molar-refractivity contribution in [2.24, 2.45) is 5.92 Å². The smallest absolute Gasteiger partial charge is 0.249 e. The first-order valence-electron chi connectivity index (χ1n) is 9.67. The number of carbonyl (C=O) groups is 2. The van der Waals surface area contributed by atoms with Crippen LogP contribution in [0.1, 0.15) is 25.0 Å². The highest BCUT2D eigenvalue weighted by Gasteiger charge is 2.24. The number of anilines is 1. The number of carbonyl (C=O) groups excluding carboxylic acids is 2. The highest BCUT2D eigenvalue weighted by atomic mass is 32.1. The molecule has 0 saturated heterocycles. The lowest BCUT2D eigenvalue weighted by atomic mass is 10.0. The summed E-state index contributed by atoms with van der Waals surface area (Å²) < 4.78 is 0. The van der Waals surface area contributed by atoms with E-state index in [0.717, 1.165) is 21.7 Å². The fourth-order valence-corrected chi connectivity index (χ4v) is 3.49. The zero-order valence-electron chi connectivity index (χ0n) is 17.1. The molecule has 154 valence electrons. The minimum atomic E-state index is -0.690. The Kier molecular flexibility index (Phi) is 7.08. The first-order valence-corrected chi connectivity index (χ1v) is 10.5. The van der Waals surface area contributed by atoms with Gasteiger partial charge in [0.1, 0.15) is 11.0 Å². The first-order chi connectivity index (χ1) is 14.4. The lowest BCUT2D eigenvalue weighted by molar-refractivity contribution is -0.124. The summed E-state index contributed by atoms with van der Waals surface area (Å²) in [6, 6.07) is 16.8. The van der Waals surface area contributed by atoms with Crippen LogP contribution >= 0.6 is 11.3 Å². The molecule has 1 heterocycles. The number of amides is 2. The van der Waals surface area contributed by atoms with E-state index < -0.39 is 6.04 Å². The van der Waals surface area contributed by atoms with Gasteiger partial charge in [0.25, 0.3) is 0 Å². The Balaban J connectivity index is 1.63. The summed E-state index contributed by atoms with van der Waals surface area (Å²) in [4.78, 5) is 25.0. The molecule has 1 aromatic heterocycles. The van der Waals surface area contributed by atoms with Gasteiger partial charge in [-0.25, -0.2) is 0 Å². The molecule has 2 N–H and O–H groups in total. The fraction of sp³-hybridized carbons (Fsp3) is 0.217. The van der Waals surface area contributed by atoms with Crippen molar-refractivity contribution in [3.05, 3.63) is 71.8 Å². The molecule has 3 aromatic rings. The van der Waals surface area contributed by atoms with Crippen molar-refractivity contribution >= 4 is 34.4 Å². The average Bonchev–Trinajstić information content (AvgIpc) is 3.20. The molecule has 2 amide bonds. The zero-order chi connectivity index (χ0) is 21.5. The lowest BCUT2D eigenvalue weighted by Crippen LogP contribution is -2.46. The van der Waals surface area contributed by atoms with Crippen LogP contribution in [-0.2, 0) is 9.59 Å². The number of benzene rings is 2. The quantitative estimate of drug-likeness (QED) is 0.558. The Hall–Kier alpha value is -3.32. The molecule has 2 aromatic carbocycles. The van der Waals surface area contributed by atoms with Gasteiger partial charge >= 0.3 is 0 Å². The predicted molar refractivity (Wildman–Crippen MR) is 121 cm³/mol. The predicted octanol–water partition coefficient (Wildman–Crippen LogP) is 4.31. The van der Waals surface area contributed by atoms with Crippen molar-refractivity contribution in [3.63, 3.8) is 0 Å². The third kappa shape index (κ3) is 5.84. The number of aromatic nitrogens is 2. The van der Waals surface area contributed by atoms with Crippen molar-refractivity contribution in [2.75, 3.05) is 5.32 Å². The van der Waals surface area contributed by atoms with Crippen LogP contribution in [0, 0.1) is 12.8 Å². The van der Waals surface area contributed by atoms with Crippen LogP contribution in [0.4, 0.5) is 5.13 Å². The maximum atomic E-state index is 12.7. The molecular formula is C23H24N4O2S. The van der Waals surface area contributed by atoms with Crippen LogP contribution in [0.5, 0.6) is 0 Å². The van der Waals surface area contributed by atoms with Crippen molar-refractivity contribution in [3.8, 4) is 10.6 Å². The Morgan fingerprint density at radius 1 is 1.00 bits per heavy atom. The van der Waals surface area contributed by atoms with Crippen LogP contribution in [0.3, 0.4) is 0 Å². The second-order valence-electron chi connectivity index (χ2n) is 7.24. The standard InChI is InChI=1S/C23H24N4O2S/c1-15(2)20(24-19(28)14-11-17-7-5-4-6-8-17)21(29)25-23-27-26-22(30-23)18-12-9-16(3)10-13-18/h4-15,20H,1-3H3,(H,24,28)(H,25,27,29)/b14-11+/t20-/m0/s1. The number of nitrogens with one attached hydrogen (secondary N) is 2. The molecule has 0 aliphatic heterocycles. The van der Waals surface area contributed by atoms with E-state index in [1.807, 2.05) is 75.4 Å². The van der Waals surface area contributed by atoms with Crippen LogP contribution in [0.15, 0.2) is 60.7 Å². The Morgan fingerprint density at radius 3 is 2.37 bits per heavy atom. The number of aryl methyl sites for hydroxylation is 1. The summed E-state index contributed by atoms with van der Waals surface area (Å²) in [7, 11) is 0. The summed E-state index contributed by atoms with van der Waals surface area (Å²) in [6.45, 7) is 5.78. The Labute approximate surface area is 180 Å². The summed E-state index contributed by atoms with van der Waals surface area (Å²) in [6.07, 6.45) is 3.14. The van der Waals surface area contributed by atoms with Gasteiger partial charge < -0.3 is 5.32 Å². The summed E-state index contributed by atoms with van der Waals surface area (Å²) in [5.41, 5.74) is 3.02. The largest absolute Gasteiger partial charge is 0.340 e. The molecule has 3 rings (SSSR count). The Morgan fingerprint density at radius 2 is 1.70 bits per heavy atom. The maximum Gasteiger partial charge on any atom is 0.249 e. The maximum absolute atomic E-state index is 12.7. The van der Waals surface area contributed by atoms with Crippen LogP contribution in [-0.4, -0.2) is 28.1 Å². The minimum absolute atomic E-state index is 0.0939. The van der Waals surface area contributed by atoms with E-state index in [-0.39, 0.29) is 17.7 Å². The van der Waals surface area contributed by atoms with E-state index in [1.165, 1.54) is 17.4 Å². The first kappa shape index (κ1) is 21.4. The van der Waals surface area contributed by atoms with E-state index in [4.69, 9.17) is 0 Å². The normalized spacial score (nSPS) is 12.1. The molecule has 6 nitrogen and oxygen atoms in total. The average molecular weight is 421 g/mol. The third-order valence-electron chi connectivity index (χ3n) is 4.43. The molecule has 1 atom stereocenters. The SMILES string of the molecule is Cc1ccc(-c2nnc(NC(=O)[C@@H](NC(=O)/C=C/c3ccccc3)C(C)C)s2)cc1. The highest BCUT2D eigenvalue weighted by Crippen LogP contribution is 2.26. The fourth-order valence-electron chi connectivity index (χ4n) is 2.74. The highest BCUT2D eigenvalue weighted by molar-refractivity contribution is 7.18. The molecule has 0 bridgehead atoms. The molecular weight excluding hydrogens is 396 g/mol. The van der Waals surface area contributed by atoms with E-state index in [9.17, 15) is 9.59 Å². The van der Waals surface area contributed by atoms with E-state index >= 15 is 0 Å². The van der Waals surface area contributed by atoms with Gasteiger partial charge in [-0.2, -0.15) is 0 Å². The van der Waals surface area contributed by atoms with Gasteiger partial charge in [-0.3, -0.25) is 14.9 Å². The molecule has 0 aliphatic carbocycles. The Bertz CT molecular complexity index is 1030. The second kappa shape index (κ2) is 9.93. The zero-order valence-corrected chi connectivity index (χ0v) is 17.9. The van der Waals surface area contributed by atoms with Crippen LogP contribution < -0.4 is 10.6 Å². The number of nitrogens with zero attached hydrogens (tertiary/aromatic N) is 2. The van der Waals surface area contributed by atoms with Gasteiger partial charge in [0.15, 0.2) is 0 Å². The molecule has 0 spiro atoms. The summed E-state index contributed by atoms with van der Waals surface area (Å²) in [5, 5.41) is 14.9. The molecule has 30 heavy (non-hydrogen) atoms. The number of hydrogen-bond acceptors (Lipinski definition) is 5. The van der Waals surface area contributed by atoms with Gasteiger partial charge in [-0.1, -0.05) is 85.3 Å². The minimum Gasteiger partial charge on any atom is -0.340 e. The molecule has 0 saturated carbocycles. The molecule has 0 radical (unpaired) electrons. The van der Waals surface area contributed by atoms with Gasteiger partial charge in [-0.05, 0) is 24.5 Å². The van der Waals surface area contributed by atoms with Gasteiger partial charge in [0.2, 0.25) is 16.9 Å².